The lowest BCUT2D eigenvalue weighted by molar-refractivity contribution is -0.145. The van der Waals surface area contributed by atoms with Gasteiger partial charge in [-0.05, 0) is 26.4 Å². The summed E-state index contributed by atoms with van der Waals surface area (Å²) in [5.74, 6) is -0.252. The topological polar surface area (TPSA) is 49.8 Å². The van der Waals surface area contributed by atoms with Gasteiger partial charge in [0.25, 0.3) is 0 Å². The van der Waals surface area contributed by atoms with E-state index in [2.05, 4.69) is 9.64 Å². The summed E-state index contributed by atoms with van der Waals surface area (Å²) in [6, 6.07) is 0. The molecule has 0 saturated carbocycles. The van der Waals surface area contributed by atoms with Crippen molar-refractivity contribution in [3.05, 3.63) is 0 Å². The Hall–Kier alpha value is -0.610. The first-order valence-electron chi connectivity index (χ1n) is 4.99. The molecule has 4 heteroatoms. The summed E-state index contributed by atoms with van der Waals surface area (Å²) in [6.07, 6.45) is 1.78. The molecule has 1 unspecified atom stereocenters. The number of aliphatic hydroxyl groups excluding tert-OH is 1. The molecule has 0 amide bonds. The average molecular weight is 203 g/mol. The van der Waals surface area contributed by atoms with Crippen molar-refractivity contribution in [2.24, 2.45) is 5.92 Å². The van der Waals surface area contributed by atoms with Crippen LogP contribution in [0, 0.1) is 5.92 Å². The highest BCUT2D eigenvalue weighted by atomic mass is 16.5. The van der Waals surface area contributed by atoms with Crippen LogP contribution in [0.1, 0.15) is 19.8 Å². The quantitative estimate of drug-likeness (QED) is 0.483. The van der Waals surface area contributed by atoms with Gasteiger partial charge in [-0.1, -0.05) is 6.92 Å². The largest absolute Gasteiger partial charge is 0.469 e. The predicted molar refractivity (Wildman–Crippen MR) is 55.0 cm³/mol. The summed E-state index contributed by atoms with van der Waals surface area (Å²) < 4.78 is 4.63. The van der Waals surface area contributed by atoms with E-state index in [1.165, 1.54) is 7.11 Å². The first-order valence-corrected chi connectivity index (χ1v) is 4.99. The van der Waals surface area contributed by atoms with Gasteiger partial charge < -0.3 is 14.7 Å². The van der Waals surface area contributed by atoms with Gasteiger partial charge >= 0.3 is 5.97 Å². The lowest BCUT2D eigenvalue weighted by Gasteiger charge is -2.19. The summed E-state index contributed by atoms with van der Waals surface area (Å²) in [5, 5.41) is 8.59. The zero-order valence-corrected chi connectivity index (χ0v) is 9.32. The lowest BCUT2D eigenvalue weighted by Crippen LogP contribution is -2.30. The van der Waals surface area contributed by atoms with Gasteiger partial charge in [-0.3, -0.25) is 4.79 Å². The van der Waals surface area contributed by atoms with Crippen molar-refractivity contribution in [1.82, 2.24) is 4.90 Å². The molecule has 0 aromatic rings. The Bertz CT molecular complexity index is 161. The zero-order valence-electron chi connectivity index (χ0n) is 9.32. The van der Waals surface area contributed by atoms with Crippen molar-refractivity contribution in [2.75, 3.05) is 33.9 Å². The van der Waals surface area contributed by atoms with Crippen LogP contribution in [0.4, 0.5) is 0 Å². The molecule has 14 heavy (non-hydrogen) atoms. The molecule has 1 N–H and O–H groups in total. The minimum absolute atomic E-state index is 0.0841. The number of hydrogen-bond donors (Lipinski definition) is 1. The Morgan fingerprint density at radius 3 is 2.64 bits per heavy atom. The van der Waals surface area contributed by atoms with Crippen molar-refractivity contribution < 1.29 is 14.6 Å². The highest BCUT2D eigenvalue weighted by Crippen LogP contribution is 2.01. The maximum Gasteiger partial charge on any atom is 0.309 e. The van der Waals surface area contributed by atoms with Gasteiger partial charge in [-0.25, -0.2) is 0 Å². The zero-order chi connectivity index (χ0) is 11.0. The predicted octanol–water partition coefficient (Wildman–Crippen LogP) is 0.500. The molecular formula is C10H21NO3. The minimum Gasteiger partial charge on any atom is -0.469 e. The van der Waals surface area contributed by atoms with Gasteiger partial charge in [-0.15, -0.1) is 0 Å². The van der Waals surface area contributed by atoms with E-state index in [0.29, 0.717) is 6.54 Å². The van der Waals surface area contributed by atoms with E-state index in [0.717, 1.165) is 19.4 Å². The Kier molecular flexibility index (Phi) is 7.42. The maximum atomic E-state index is 11.1. The fourth-order valence-corrected chi connectivity index (χ4v) is 1.33. The Morgan fingerprint density at radius 2 is 2.14 bits per heavy atom. The summed E-state index contributed by atoms with van der Waals surface area (Å²) in [6.45, 7) is 3.70. The number of methoxy groups -OCH3 is 1. The van der Waals surface area contributed by atoms with E-state index in [4.69, 9.17) is 5.11 Å². The van der Waals surface area contributed by atoms with Gasteiger partial charge in [0.05, 0.1) is 13.0 Å². The SMILES string of the molecule is COC(=O)C(C)CN(C)CCCCO. The van der Waals surface area contributed by atoms with Crippen LogP contribution < -0.4 is 0 Å². The molecule has 0 aliphatic rings. The normalized spacial score (nSPS) is 12.9. The summed E-state index contributed by atoms with van der Waals surface area (Å²) in [5.41, 5.74) is 0. The minimum atomic E-state index is -0.168. The summed E-state index contributed by atoms with van der Waals surface area (Å²) in [4.78, 5) is 13.2. The Balaban J connectivity index is 3.59. The van der Waals surface area contributed by atoms with Gasteiger partial charge in [0.2, 0.25) is 0 Å². The summed E-state index contributed by atoms with van der Waals surface area (Å²) in [7, 11) is 3.38. The fraction of sp³-hybridized carbons (Fsp3) is 0.900. The number of carbonyl (C=O) groups excluding carboxylic acids is 1. The molecule has 0 rings (SSSR count). The van der Waals surface area contributed by atoms with Gasteiger partial charge in [0.15, 0.2) is 0 Å². The molecule has 0 fully saturated rings. The molecule has 0 radical (unpaired) electrons. The van der Waals surface area contributed by atoms with Crippen LogP contribution in [0.5, 0.6) is 0 Å². The van der Waals surface area contributed by atoms with Crippen LogP contribution in [0.15, 0.2) is 0 Å². The van der Waals surface area contributed by atoms with Crippen LogP contribution in [0.2, 0.25) is 0 Å². The third-order valence-electron chi connectivity index (χ3n) is 2.14. The van der Waals surface area contributed by atoms with E-state index in [9.17, 15) is 4.79 Å². The summed E-state index contributed by atoms with van der Waals surface area (Å²) >= 11 is 0. The number of nitrogens with zero attached hydrogens (tertiary/aromatic N) is 1. The molecule has 0 saturated heterocycles. The van der Waals surface area contributed by atoms with E-state index >= 15 is 0 Å². The molecule has 0 aliphatic heterocycles. The van der Waals surface area contributed by atoms with E-state index < -0.39 is 0 Å². The van der Waals surface area contributed by atoms with Gasteiger partial charge in [0.1, 0.15) is 0 Å². The van der Waals surface area contributed by atoms with Gasteiger partial charge in [-0.2, -0.15) is 0 Å². The first-order chi connectivity index (χ1) is 6.61. The molecule has 84 valence electrons. The first kappa shape index (κ1) is 13.4. The molecule has 0 spiro atoms. The van der Waals surface area contributed by atoms with Crippen LogP contribution in [-0.4, -0.2) is 49.8 Å². The van der Waals surface area contributed by atoms with E-state index in [1.54, 1.807) is 0 Å². The van der Waals surface area contributed by atoms with Crippen molar-refractivity contribution in [3.8, 4) is 0 Å². The maximum absolute atomic E-state index is 11.1. The second-order valence-corrected chi connectivity index (χ2v) is 3.62. The number of hydrogen-bond acceptors (Lipinski definition) is 4. The molecule has 0 aromatic heterocycles. The highest BCUT2D eigenvalue weighted by molar-refractivity contribution is 5.71. The van der Waals surface area contributed by atoms with Crippen LogP contribution in [-0.2, 0) is 9.53 Å². The number of esters is 1. The van der Waals surface area contributed by atoms with Crippen molar-refractivity contribution in [3.63, 3.8) is 0 Å². The Labute approximate surface area is 85.9 Å². The second-order valence-electron chi connectivity index (χ2n) is 3.62. The average Bonchev–Trinajstić information content (AvgIpc) is 2.16. The van der Waals surface area contributed by atoms with Crippen molar-refractivity contribution in [1.29, 1.82) is 0 Å². The highest BCUT2D eigenvalue weighted by Gasteiger charge is 2.14. The molecule has 0 bridgehead atoms. The van der Waals surface area contributed by atoms with Crippen LogP contribution in [0.25, 0.3) is 0 Å². The lowest BCUT2D eigenvalue weighted by atomic mass is 10.1. The number of aliphatic hydroxyl groups is 1. The van der Waals surface area contributed by atoms with E-state index in [-0.39, 0.29) is 18.5 Å². The molecular weight excluding hydrogens is 182 g/mol. The standard InChI is InChI=1S/C10H21NO3/c1-9(10(13)14-3)8-11(2)6-4-5-7-12/h9,12H,4-8H2,1-3H3. The van der Waals surface area contributed by atoms with E-state index in [1.807, 2.05) is 14.0 Å². The van der Waals surface area contributed by atoms with Gasteiger partial charge in [0, 0.05) is 13.2 Å². The third-order valence-corrected chi connectivity index (χ3v) is 2.14. The van der Waals surface area contributed by atoms with Crippen LogP contribution in [0.3, 0.4) is 0 Å². The van der Waals surface area contributed by atoms with Crippen molar-refractivity contribution >= 4 is 5.97 Å². The number of unbranched alkanes of at least 4 members (excludes halogenated alkanes) is 1. The number of ether oxygens (including phenoxy) is 1. The molecule has 1 atom stereocenters. The van der Waals surface area contributed by atoms with Crippen molar-refractivity contribution in [2.45, 2.75) is 19.8 Å². The monoisotopic (exact) mass is 203 g/mol. The molecule has 0 heterocycles. The molecule has 0 aliphatic carbocycles. The number of carbonyl (C=O) groups is 1. The second kappa shape index (κ2) is 7.76. The van der Waals surface area contributed by atoms with Crippen LogP contribution >= 0.6 is 0 Å². The fourth-order valence-electron chi connectivity index (χ4n) is 1.33. The molecule has 0 aromatic carbocycles. The Morgan fingerprint density at radius 1 is 1.50 bits per heavy atom. The molecule has 4 nitrogen and oxygen atoms in total. The smallest absolute Gasteiger partial charge is 0.309 e. The number of rotatable bonds is 7. The third kappa shape index (κ3) is 5.94.